The van der Waals surface area contributed by atoms with E-state index >= 15 is 0 Å². The van der Waals surface area contributed by atoms with Gasteiger partial charge in [0.1, 0.15) is 0 Å². The Morgan fingerprint density at radius 2 is 1.77 bits per heavy atom. The molecular formula is C8H17F3N2. The Hall–Kier alpha value is -0.290. The van der Waals surface area contributed by atoms with Crippen LogP contribution in [-0.2, 0) is 0 Å². The van der Waals surface area contributed by atoms with E-state index in [0.29, 0.717) is 6.54 Å². The minimum Gasteiger partial charge on any atom is -0.316 e. The predicted molar refractivity (Wildman–Crippen MR) is 46.7 cm³/mol. The van der Waals surface area contributed by atoms with Crippen molar-refractivity contribution in [1.29, 1.82) is 0 Å². The zero-order chi connectivity index (χ0) is 10.3. The summed E-state index contributed by atoms with van der Waals surface area (Å²) in [6.07, 6.45) is -3.89. The fourth-order valence-electron chi connectivity index (χ4n) is 0.875. The Bertz CT molecular complexity index is 123. The lowest BCUT2D eigenvalue weighted by Crippen LogP contribution is -2.25. The molecule has 0 fully saturated rings. The van der Waals surface area contributed by atoms with Crippen LogP contribution in [0.3, 0.4) is 0 Å². The minimum atomic E-state index is -4.03. The van der Waals surface area contributed by atoms with E-state index in [-0.39, 0.29) is 6.54 Å². The molecule has 0 amide bonds. The number of nitrogens with zero attached hydrogens (tertiary/aromatic N) is 1. The van der Waals surface area contributed by atoms with Crippen molar-refractivity contribution in [3.8, 4) is 0 Å². The molecule has 5 heteroatoms. The van der Waals surface area contributed by atoms with Gasteiger partial charge in [0.25, 0.3) is 0 Å². The molecular weight excluding hydrogens is 181 g/mol. The lowest BCUT2D eigenvalue weighted by molar-refractivity contribution is -0.133. The molecule has 0 heterocycles. The lowest BCUT2D eigenvalue weighted by atomic mass is 10.3. The van der Waals surface area contributed by atoms with E-state index in [4.69, 9.17) is 0 Å². The lowest BCUT2D eigenvalue weighted by Gasteiger charge is -2.10. The van der Waals surface area contributed by atoms with Crippen LogP contribution < -0.4 is 5.32 Å². The first kappa shape index (κ1) is 12.7. The van der Waals surface area contributed by atoms with Gasteiger partial charge in [0.2, 0.25) is 0 Å². The topological polar surface area (TPSA) is 15.3 Å². The van der Waals surface area contributed by atoms with Gasteiger partial charge in [-0.3, -0.25) is 0 Å². The number of nitrogens with one attached hydrogen (secondary N) is 1. The van der Waals surface area contributed by atoms with E-state index in [2.05, 4.69) is 5.32 Å². The second kappa shape index (κ2) is 6.21. The van der Waals surface area contributed by atoms with Gasteiger partial charge in [-0.05, 0) is 33.6 Å². The Morgan fingerprint density at radius 1 is 1.15 bits per heavy atom. The summed E-state index contributed by atoms with van der Waals surface area (Å²) in [6.45, 7) is 1.57. The van der Waals surface area contributed by atoms with Gasteiger partial charge in [0, 0.05) is 6.54 Å². The van der Waals surface area contributed by atoms with Crippen molar-refractivity contribution in [2.75, 3.05) is 33.7 Å². The second-order valence-electron chi connectivity index (χ2n) is 3.27. The largest absolute Gasteiger partial charge is 0.390 e. The summed E-state index contributed by atoms with van der Waals surface area (Å²) in [4.78, 5) is 2.01. The summed E-state index contributed by atoms with van der Waals surface area (Å²) in [7, 11) is 3.88. The van der Waals surface area contributed by atoms with Crippen molar-refractivity contribution >= 4 is 0 Å². The Morgan fingerprint density at radius 3 is 2.23 bits per heavy atom. The molecule has 0 radical (unpaired) electrons. The average Bonchev–Trinajstić information content (AvgIpc) is 1.93. The molecule has 1 N–H and O–H groups in total. The molecule has 0 saturated carbocycles. The van der Waals surface area contributed by atoms with E-state index in [1.54, 1.807) is 0 Å². The van der Waals surface area contributed by atoms with Gasteiger partial charge in [0.15, 0.2) is 0 Å². The highest BCUT2D eigenvalue weighted by Crippen LogP contribution is 2.17. The second-order valence-corrected chi connectivity index (χ2v) is 3.27. The molecule has 0 bridgehead atoms. The van der Waals surface area contributed by atoms with E-state index in [1.165, 1.54) is 0 Å². The molecule has 0 aliphatic carbocycles. The molecule has 0 aromatic heterocycles. The average molecular weight is 198 g/mol. The third-order valence-corrected chi connectivity index (χ3v) is 1.54. The van der Waals surface area contributed by atoms with Crippen molar-refractivity contribution in [1.82, 2.24) is 10.2 Å². The fraction of sp³-hybridized carbons (Fsp3) is 1.00. The summed E-state index contributed by atoms with van der Waals surface area (Å²) in [6, 6.07) is 0. The maximum Gasteiger partial charge on any atom is 0.390 e. The van der Waals surface area contributed by atoms with Crippen molar-refractivity contribution in [3.63, 3.8) is 0 Å². The Labute approximate surface area is 77.1 Å². The van der Waals surface area contributed by atoms with Crippen molar-refractivity contribution in [2.45, 2.75) is 19.0 Å². The molecule has 0 atom stereocenters. The van der Waals surface area contributed by atoms with Crippen molar-refractivity contribution in [3.05, 3.63) is 0 Å². The summed E-state index contributed by atoms with van der Waals surface area (Å²) >= 11 is 0. The molecule has 0 aromatic rings. The van der Waals surface area contributed by atoms with Gasteiger partial charge < -0.3 is 10.2 Å². The SMILES string of the molecule is CN(C)CCCNCCC(F)(F)F. The van der Waals surface area contributed by atoms with E-state index in [1.807, 2.05) is 19.0 Å². The molecule has 2 nitrogen and oxygen atoms in total. The minimum absolute atomic E-state index is 0.0247. The molecule has 0 aliphatic rings. The van der Waals surface area contributed by atoms with Crippen LogP contribution in [-0.4, -0.2) is 44.8 Å². The van der Waals surface area contributed by atoms with Crippen LogP contribution >= 0.6 is 0 Å². The predicted octanol–water partition coefficient (Wildman–Crippen LogP) is 1.48. The van der Waals surface area contributed by atoms with Crippen LogP contribution in [0.5, 0.6) is 0 Å². The van der Waals surface area contributed by atoms with Gasteiger partial charge in [-0.2, -0.15) is 13.2 Å². The highest BCUT2D eigenvalue weighted by atomic mass is 19.4. The first-order chi connectivity index (χ1) is 5.92. The summed E-state index contributed by atoms with van der Waals surface area (Å²) in [5.74, 6) is 0. The Kier molecular flexibility index (Phi) is 6.07. The van der Waals surface area contributed by atoms with Gasteiger partial charge in [0.05, 0.1) is 6.42 Å². The highest BCUT2D eigenvalue weighted by molar-refractivity contribution is 4.55. The first-order valence-corrected chi connectivity index (χ1v) is 4.34. The smallest absolute Gasteiger partial charge is 0.316 e. The van der Waals surface area contributed by atoms with Crippen LogP contribution in [0.2, 0.25) is 0 Å². The summed E-state index contributed by atoms with van der Waals surface area (Å²) < 4.78 is 34.9. The van der Waals surface area contributed by atoms with Crippen LogP contribution in [0, 0.1) is 0 Å². The molecule has 0 aliphatic heterocycles. The maximum atomic E-state index is 11.6. The van der Waals surface area contributed by atoms with E-state index < -0.39 is 12.6 Å². The number of rotatable bonds is 6. The third kappa shape index (κ3) is 11.7. The van der Waals surface area contributed by atoms with Gasteiger partial charge in [-0.1, -0.05) is 0 Å². The molecule has 0 rings (SSSR count). The van der Waals surface area contributed by atoms with Gasteiger partial charge in [-0.15, -0.1) is 0 Å². The van der Waals surface area contributed by atoms with Crippen LogP contribution in [0.4, 0.5) is 13.2 Å². The monoisotopic (exact) mass is 198 g/mol. The van der Waals surface area contributed by atoms with E-state index in [9.17, 15) is 13.2 Å². The molecule has 0 aromatic carbocycles. The first-order valence-electron chi connectivity index (χ1n) is 4.34. The number of hydrogen-bond acceptors (Lipinski definition) is 2. The van der Waals surface area contributed by atoms with Crippen LogP contribution in [0.15, 0.2) is 0 Å². The molecule has 0 spiro atoms. The normalized spacial score (nSPS) is 12.5. The quantitative estimate of drug-likeness (QED) is 0.650. The summed E-state index contributed by atoms with van der Waals surface area (Å²) in [5, 5.41) is 2.75. The molecule has 0 saturated heterocycles. The zero-order valence-electron chi connectivity index (χ0n) is 8.12. The summed E-state index contributed by atoms with van der Waals surface area (Å²) in [5.41, 5.74) is 0. The van der Waals surface area contributed by atoms with Gasteiger partial charge >= 0.3 is 6.18 Å². The molecule has 13 heavy (non-hydrogen) atoms. The Balaban J connectivity index is 3.09. The fourth-order valence-corrected chi connectivity index (χ4v) is 0.875. The van der Waals surface area contributed by atoms with Crippen LogP contribution in [0.25, 0.3) is 0 Å². The molecule has 0 unspecified atom stereocenters. The third-order valence-electron chi connectivity index (χ3n) is 1.54. The highest BCUT2D eigenvalue weighted by Gasteiger charge is 2.25. The number of halogens is 3. The van der Waals surface area contributed by atoms with Gasteiger partial charge in [-0.25, -0.2) is 0 Å². The standard InChI is InChI=1S/C8H17F3N2/c1-13(2)7-3-5-12-6-4-8(9,10)11/h12H,3-7H2,1-2H3. The zero-order valence-corrected chi connectivity index (χ0v) is 8.12. The van der Waals surface area contributed by atoms with E-state index in [0.717, 1.165) is 13.0 Å². The van der Waals surface area contributed by atoms with Crippen molar-refractivity contribution < 1.29 is 13.2 Å². The number of hydrogen-bond donors (Lipinski definition) is 1. The van der Waals surface area contributed by atoms with Crippen LogP contribution in [0.1, 0.15) is 12.8 Å². The maximum absolute atomic E-state index is 11.6. The number of alkyl halides is 3. The molecule has 80 valence electrons. The van der Waals surface area contributed by atoms with Crippen molar-refractivity contribution in [2.24, 2.45) is 0 Å².